The lowest BCUT2D eigenvalue weighted by Crippen LogP contribution is -2.50. The Labute approximate surface area is 92.0 Å². The van der Waals surface area contributed by atoms with E-state index in [2.05, 4.69) is 0 Å². The molecule has 15 heavy (non-hydrogen) atoms. The first-order valence-corrected chi connectivity index (χ1v) is 6.35. The third kappa shape index (κ3) is 1.58. The number of hydrogen-bond donors (Lipinski definition) is 0. The number of carbonyl (C=O) groups excluding carboxylic acids is 1. The van der Waals surface area contributed by atoms with Gasteiger partial charge in [0.1, 0.15) is 0 Å². The van der Waals surface area contributed by atoms with E-state index in [4.69, 9.17) is 0 Å². The molecule has 4 fully saturated rings. The summed E-state index contributed by atoms with van der Waals surface area (Å²) in [6.45, 7) is 1.01. The molecule has 0 aromatic carbocycles. The van der Waals surface area contributed by atoms with Gasteiger partial charge in [0, 0.05) is 13.6 Å². The fourth-order valence-electron chi connectivity index (χ4n) is 5.05. The van der Waals surface area contributed by atoms with Gasteiger partial charge in [0.25, 0.3) is 0 Å². The van der Waals surface area contributed by atoms with Gasteiger partial charge < -0.3 is 4.90 Å². The molecular weight excluding hydrogens is 186 g/mol. The van der Waals surface area contributed by atoms with Gasteiger partial charge in [-0.05, 0) is 61.7 Å². The Kier molecular flexibility index (Phi) is 2.08. The second-order valence-corrected chi connectivity index (χ2v) is 6.44. The first-order chi connectivity index (χ1) is 7.19. The number of amides is 1. The van der Waals surface area contributed by atoms with Crippen molar-refractivity contribution in [2.45, 2.75) is 38.5 Å². The average Bonchev–Trinajstić information content (AvgIpc) is 2.14. The van der Waals surface area contributed by atoms with Crippen LogP contribution in [-0.2, 0) is 4.79 Å². The van der Waals surface area contributed by atoms with Gasteiger partial charge >= 0.3 is 0 Å². The Hall–Kier alpha value is -0.530. The van der Waals surface area contributed by atoms with E-state index >= 15 is 0 Å². The molecule has 4 saturated carbocycles. The van der Waals surface area contributed by atoms with Crippen LogP contribution in [0.15, 0.2) is 0 Å². The van der Waals surface area contributed by atoms with E-state index < -0.39 is 0 Å². The summed E-state index contributed by atoms with van der Waals surface area (Å²) in [6, 6.07) is 0. The molecule has 0 unspecified atom stereocenters. The van der Waals surface area contributed by atoms with Crippen LogP contribution >= 0.6 is 0 Å². The Morgan fingerprint density at radius 1 is 1.13 bits per heavy atom. The van der Waals surface area contributed by atoms with Crippen molar-refractivity contribution in [1.29, 1.82) is 0 Å². The maximum atomic E-state index is 10.8. The lowest BCUT2D eigenvalue weighted by Gasteiger charge is -2.57. The molecule has 0 atom stereocenters. The van der Waals surface area contributed by atoms with Gasteiger partial charge in [-0.15, -0.1) is 0 Å². The highest BCUT2D eigenvalue weighted by Crippen LogP contribution is 2.60. The molecular formula is C13H21NO. The Morgan fingerprint density at radius 2 is 1.60 bits per heavy atom. The number of hydrogen-bond acceptors (Lipinski definition) is 1. The summed E-state index contributed by atoms with van der Waals surface area (Å²) in [5.74, 6) is 2.99. The summed E-state index contributed by atoms with van der Waals surface area (Å²) >= 11 is 0. The second-order valence-electron chi connectivity index (χ2n) is 6.44. The molecule has 0 aliphatic heterocycles. The summed E-state index contributed by atoms with van der Waals surface area (Å²) in [5.41, 5.74) is 0.518. The van der Waals surface area contributed by atoms with Crippen molar-refractivity contribution in [3.63, 3.8) is 0 Å². The fourth-order valence-corrected chi connectivity index (χ4v) is 5.05. The van der Waals surface area contributed by atoms with Crippen LogP contribution in [0.25, 0.3) is 0 Å². The molecule has 4 aliphatic rings. The van der Waals surface area contributed by atoms with E-state index in [1.165, 1.54) is 38.5 Å². The SMILES string of the molecule is CN(C=O)CC12CC3CC(CC(C3)C1)C2. The highest BCUT2D eigenvalue weighted by Gasteiger charge is 2.50. The predicted molar refractivity (Wildman–Crippen MR) is 59.3 cm³/mol. The van der Waals surface area contributed by atoms with Gasteiger partial charge in [-0.2, -0.15) is 0 Å². The fraction of sp³-hybridized carbons (Fsp3) is 0.923. The molecule has 0 N–H and O–H groups in total. The Bertz CT molecular complexity index is 238. The third-order valence-corrected chi connectivity index (χ3v) is 4.93. The zero-order chi connectivity index (χ0) is 10.5. The van der Waals surface area contributed by atoms with E-state index in [0.29, 0.717) is 5.41 Å². The van der Waals surface area contributed by atoms with Gasteiger partial charge in [-0.25, -0.2) is 0 Å². The maximum absolute atomic E-state index is 10.8. The molecule has 4 aliphatic carbocycles. The van der Waals surface area contributed by atoms with Crippen molar-refractivity contribution < 1.29 is 4.79 Å². The van der Waals surface area contributed by atoms with Crippen LogP contribution in [0, 0.1) is 23.2 Å². The third-order valence-electron chi connectivity index (χ3n) is 4.93. The smallest absolute Gasteiger partial charge is 0.209 e. The van der Waals surface area contributed by atoms with Crippen LogP contribution in [0.5, 0.6) is 0 Å². The minimum absolute atomic E-state index is 0.518. The number of nitrogens with zero attached hydrogens (tertiary/aromatic N) is 1. The van der Waals surface area contributed by atoms with Gasteiger partial charge in [0.05, 0.1) is 0 Å². The number of carbonyl (C=O) groups is 1. The number of rotatable bonds is 3. The zero-order valence-corrected chi connectivity index (χ0v) is 9.61. The molecule has 0 saturated heterocycles. The van der Waals surface area contributed by atoms with Gasteiger partial charge in [0.2, 0.25) is 6.41 Å². The van der Waals surface area contributed by atoms with E-state index in [0.717, 1.165) is 30.7 Å². The first kappa shape index (κ1) is 9.68. The zero-order valence-electron chi connectivity index (χ0n) is 9.61. The molecule has 2 nitrogen and oxygen atoms in total. The maximum Gasteiger partial charge on any atom is 0.209 e. The van der Waals surface area contributed by atoms with Crippen LogP contribution in [0.4, 0.5) is 0 Å². The molecule has 84 valence electrons. The summed E-state index contributed by atoms with van der Waals surface area (Å²) in [5, 5.41) is 0. The highest BCUT2D eigenvalue weighted by atomic mass is 16.1. The second kappa shape index (κ2) is 3.23. The van der Waals surface area contributed by atoms with Crippen LogP contribution in [0.1, 0.15) is 38.5 Å². The van der Waals surface area contributed by atoms with Gasteiger partial charge in [0.15, 0.2) is 0 Å². The normalized spacial score (nSPS) is 46.9. The van der Waals surface area contributed by atoms with Crippen molar-refractivity contribution in [2.75, 3.05) is 13.6 Å². The molecule has 0 aromatic heterocycles. The van der Waals surface area contributed by atoms with Crippen molar-refractivity contribution in [2.24, 2.45) is 23.2 Å². The molecule has 0 radical (unpaired) electrons. The monoisotopic (exact) mass is 207 g/mol. The lowest BCUT2D eigenvalue weighted by atomic mass is 9.49. The molecule has 1 amide bonds. The van der Waals surface area contributed by atoms with Gasteiger partial charge in [-0.1, -0.05) is 0 Å². The van der Waals surface area contributed by atoms with E-state index in [-0.39, 0.29) is 0 Å². The highest BCUT2D eigenvalue weighted by molar-refractivity contribution is 5.46. The van der Waals surface area contributed by atoms with Crippen molar-refractivity contribution in [3.05, 3.63) is 0 Å². The topological polar surface area (TPSA) is 20.3 Å². The van der Waals surface area contributed by atoms with Crippen LogP contribution in [-0.4, -0.2) is 24.9 Å². The van der Waals surface area contributed by atoms with Crippen LogP contribution < -0.4 is 0 Å². The Balaban J connectivity index is 1.78. The first-order valence-electron chi connectivity index (χ1n) is 6.35. The molecule has 0 heterocycles. The average molecular weight is 207 g/mol. The molecule has 0 aromatic rings. The Morgan fingerprint density at radius 3 is 2.00 bits per heavy atom. The molecule has 4 bridgehead atoms. The minimum Gasteiger partial charge on any atom is -0.348 e. The van der Waals surface area contributed by atoms with Crippen molar-refractivity contribution in [3.8, 4) is 0 Å². The summed E-state index contributed by atoms with van der Waals surface area (Å²) in [7, 11) is 1.94. The quantitative estimate of drug-likeness (QED) is 0.650. The summed E-state index contributed by atoms with van der Waals surface area (Å²) < 4.78 is 0. The van der Waals surface area contributed by atoms with Crippen LogP contribution in [0.2, 0.25) is 0 Å². The van der Waals surface area contributed by atoms with Crippen LogP contribution in [0.3, 0.4) is 0 Å². The largest absolute Gasteiger partial charge is 0.348 e. The van der Waals surface area contributed by atoms with E-state index in [1.807, 2.05) is 11.9 Å². The summed E-state index contributed by atoms with van der Waals surface area (Å²) in [6.07, 6.45) is 9.67. The van der Waals surface area contributed by atoms with Crippen molar-refractivity contribution in [1.82, 2.24) is 4.90 Å². The van der Waals surface area contributed by atoms with E-state index in [9.17, 15) is 4.79 Å². The standard InChI is InChI=1S/C13H21NO/c1-14(9-15)8-13-5-10-2-11(6-13)4-12(3-10)7-13/h9-12H,2-8H2,1H3. The lowest BCUT2D eigenvalue weighted by molar-refractivity contribution is -0.122. The van der Waals surface area contributed by atoms with E-state index in [1.54, 1.807) is 0 Å². The minimum atomic E-state index is 0.518. The van der Waals surface area contributed by atoms with Gasteiger partial charge in [-0.3, -0.25) is 4.79 Å². The predicted octanol–water partition coefficient (Wildman–Crippen LogP) is 2.29. The molecule has 0 spiro atoms. The molecule has 4 rings (SSSR count). The summed E-state index contributed by atoms with van der Waals surface area (Å²) in [4.78, 5) is 12.6. The molecule has 2 heteroatoms. The van der Waals surface area contributed by atoms with Crippen molar-refractivity contribution >= 4 is 6.41 Å².